The van der Waals surface area contributed by atoms with Crippen LogP contribution in [-0.4, -0.2) is 33.2 Å². The minimum atomic E-state index is -4.74. The van der Waals surface area contributed by atoms with Gasteiger partial charge >= 0.3 is 6.36 Å². The van der Waals surface area contributed by atoms with Crippen molar-refractivity contribution in [3.8, 4) is 23.0 Å². The minimum absolute atomic E-state index is 0.137. The molecule has 0 fully saturated rings. The average Bonchev–Trinajstić information content (AvgIpc) is 3.19. The van der Waals surface area contributed by atoms with Crippen LogP contribution >= 0.6 is 0 Å². The smallest absolute Gasteiger partial charge is 0.497 e. The fourth-order valence-corrected chi connectivity index (χ4v) is 3.80. The van der Waals surface area contributed by atoms with Crippen LogP contribution in [0.5, 0.6) is 11.5 Å². The molecule has 0 radical (unpaired) electrons. The van der Waals surface area contributed by atoms with Crippen molar-refractivity contribution in [2.75, 3.05) is 7.11 Å². The number of pyridine rings is 1. The van der Waals surface area contributed by atoms with Crippen LogP contribution in [0.25, 0.3) is 22.4 Å². The number of aryl methyl sites for hydroxylation is 2. The van der Waals surface area contributed by atoms with Crippen LogP contribution in [0.3, 0.4) is 0 Å². The zero-order valence-electron chi connectivity index (χ0n) is 19.3. The number of ether oxygens (including phenoxy) is 2. The summed E-state index contributed by atoms with van der Waals surface area (Å²) >= 11 is 0. The molecule has 0 aliphatic rings. The molecule has 0 amide bonds. The maximum absolute atomic E-state index is 12.9. The third-order valence-electron chi connectivity index (χ3n) is 5.72. The number of rotatable bonds is 7. The number of hydrogen-bond donors (Lipinski definition) is 2. The van der Waals surface area contributed by atoms with Gasteiger partial charge in [-0.25, -0.2) is 9.67 Å². The van der Waals surface area contributed by atoms with Crippen LogP contribution in [0.2, 0.25) is 0 Å². The van der Waals surface area contributed by atoms with Crippen LogP contribution in [0.15, 0.2) is 47.3 Å². The molecule has 0 aliphatic carbocycles. The highest BCUT2D eigenvalue weighted by molar-refractivity contribution is 5.83. The van der Waals surface area contributed by atoms with Gasteiger partial charge in [0.15, 0.2) is 11.3 Å². The summed E-state index contributed by atoms with van der Waals surface area (Å²) in [6, 6.07) is 10.3. The number of hydrogen-bond acceptors (Lipinski definition) is 6. The lowest BCUT2D eigenvalue weighted by atomic mass is 10.0. The van der Waals surface area contributed by atoms with Gasteiger partial charge in [-0.2, -0.15) is 0 Å². The Labute approximate surface area is 198 Å². The van der Waals surface area contributed by atoms with Crippen molar-refractivity contribution >= 4 is 10.9 Å². The minimum Gasteiger partial charge on any atom is -0.497 e. The van der Waals surface area contributed by atoms with Gasteiger partial charge in [-0.3, -0.25) is 4.79 Å². The van der Waals surface area contributed by atoms with Crippen LogP contribution in [0.1, 0.15) is 29.4 Å². The van der Waals surface area contributed by atoms with E-state index in [9.17, 15) is 18.0 Å². The third kappa shape index (κ3) is 5.29. The molecular weight excluding hydrogens is 463 g/mol. The summed E-state index contributed by atoms with van der Waals surface area (Å²) in [6.45, 7) is 3.94. The van der Waals surface area contributed by atoms with Crippen molar-refractivity contribution < 1.29 is 22.6 Å². The van der Waals surface area contributed by atoms with Crippen LogP contribution < -0.4 is 20.6 Å². The molecule has 184 valence electrons. The molecule has 0 saturated heterocycles. The normalized spacial score (nSPS) is 12.7. The van der Waals surface area contributed by atoms with E-state index < -0.39 is 12.4 Å². The Hall–Kier alpha value is -3.86. The van der Waals surface area contributed by atoms with Gasteiger partial charge in [0.05, 0.1) is 18.3 Å². The van der Waals surface area contributed by atoms with E-state index in [1.807, 2.05) is 0 Å². The molecule has 2 aromatic heterocycles. The number of fused-ring (bicyclic) bond motifs is 1. The van der Waals surface area contributed by atoms with E-state index in [-0.39, 0.29) is 11.2 Å². The van der Waals surface area contributed by atoms with Crippen molar-refractivity contribution in [2.24, 2.45) is 5.73 Å². The molecule has 0 bridgehead atoms. The lowest BCUT2D eigenvalue weighted by molar-refractivity contribution is -0.274. The van der Waals surface area contributed by atoms with E-state index >= 15 is 0 Å². The second kappa shape index (κ2) is 9.41. The molecule has 1 unspecified atom stereocenters. The standard InChI is InChI=1S/C24H24F3N5O3/c1-13-21(30-20-9-8-17(34-3)12-18(20)22(13)33)23-29-14(2)32(31-23)11-10-19(28)15-4-6-16(7-5-15)35-24(25,26)27/h4-9,12,19H,10-11,28H2,1-3H3,(H,30,33). The molecular formula is C24H24F3N5O3. The molecule has 3 N–H and O–H groups in total. The predicted octanol–water partition coefficient (Wildman–Crippen LogP) is 4.40. The highest BCUT2D eigenvalue weighted by Gasteiger charge is 2.31. The van der Waals surface area contributed by atoms with Crippen molar-refractivity contribution in [2.45, 2.75) is 39.2 Å². The number of halogens is 3. The first-order valence-corrected chi connectivity index (χ1v) is 10.8. The number of methoxy groups -OCH3 is 1. The van der Waals surface area contributed by atoms with Gasteiger partial charge in [0.1, 0.15) is 17.3 Å². The Balaban J connectivity index is 1.52. The SMILES string of the molecule is COc1ccc2[nH]c(-c3nc(C)n(CCC(N)c4ccc(OC(F)(F)F)cc4)n3)c(C)c(=O)c2c1. The average molecular weight is 487 g/mol. The Morgan fingerprint density at radius 1 is 1.11 bits per heavy atom. The van der Waals surface area contributed by atoms with E-state index in [0.717, 1.165) is 0 Å². The molecule has 2 heterocycles. The molecule has 8 nitrogen and oxygen atoms in total. The summed E-state index contributed by atoms with van der Waals surface area (Å²) in [7, 11) is 1.54. The number of nitrogens with two attached hydrogens (primary N) is 1. The Bertz CT molecular complexity index is 1410. The summed E-state index contributed by atoms with van der Waals surface area (Å²) < 4.78 is 47.8. The van der Waals surface area contributed by atoms with E-state index in [2.05, 4.69) is 19.8 Å². The Kier molecular flexibility index (Phi) is 6.53. The summed E-state index contributed by atoms with van der Waals surface area (Å²) in [5.41, 5.74) is 8.43. The first-order valence-electron chi connectivity index (χ1n) is 10.8. The number of alkyl halides is 3. The van der Waals surface area contributed by atoms with Crippen LogP contribution in [-0.2, 0) is 6.54 Å². The van der Waals surface area contributed by atoms with Crippen LogP contribution in [0.4, 0.5) is 13.2 Å². The molecule has 1 atom stereocenters. The molecule has 35 heavy (non-hydrogen) atoms. The summed E-state index contributed by atoms with van der Waals surface area (Å²) in [5.74, 6) is 1.31. The zero-order chi connectivity index (χ0) is 25.3. The topological polar surface area (TPSA) is 108 Å². The zero-order valence-corrected chi connectivity index (χ0v) is 19.3. The van der Waals surface area contributed by atoms with Gasteiger partial charge in [-0.05, 0) is 56.2 Å². The number of benzene rings is 2. The van der Waals surface area contributed by atoms with Gasteiger partial charge in [0.2, 0.25) is 0 Å². The summed E-state index contributed by atoms with van der Waals surface area (Å²) in [6.07, 6.45) is -4.28. The maximum Gasteiger partial charge on any atom is 0.573 e. The van der Waals surface area contributed by atoms with Gasteiger partial charge < -0.3 is 20.2 Å². The van der Waals surface area contributed by atoms with Crippen molar-refractivity contribution in [3.05, 3.63) is 69.6 Å². The number of nitrogens with one attached hydrogen (secondary N) is 1. The fraction of sp³-hybridized carbons (Fsp3) is 0.292. The number of nitrogens with zero attached hydrogens (tertiary/aromatic N) is 3. The van der Waals surface area contributed by atoms with Gasteiger partial charge in [-0.15, -0.1) is 18.3 Å². The van der Waals surface area contributed by atoms with E-state index in [1.165, 1.54) is 24.3 Å². The third-order valence-corrected chi connectivity index (χ3v) is 5.72. The van der Waals surface area contributed by atoms with Crippen molar-refractivity contribution in [1.82, 2.24) is 19.7 Å². The molecule has 4 aromatic rings. The molecule has 4 rings (SSSR count). The van der Waals surface area contributed by atoms with Gasteiger partial charge in [0, 0.05) is 23.5 Å². The quantitative estimate of drug-likeness (QED) is 0.400. The highest BCUT2D eigenvalue weighted by Crippen LogP contribution is 2.26. The van der Waals surface area contributed by atoms with E-state index in [4.69, 9.17) is 10.5 Å². The highest BCUT2D eigenvalue weighted by atomic mass is 19.4. The van der Waals surface area contributed by atoms with Crippen molar-refractivity contribution in [3.63, 3.8) is 0 Å². The Morgan fingerprint density at radius 3 is 2.46 bits per heavy atom. The molecule has 0 saturated carbocycles. The van der Waals surface area contributed by atoms with E-state index in [0.29, 0.717) is 58.1 Å². The summed E-state index contributed by atoms with van der Waals surface area (Å²) in [4.78, 5) is 20.7. The summed E-state index contributed by atoms with van der Waals surface area (Å²) in [5, 5.41) is 5.07. The Morgan fingerprint density at radius 2 is 1.80 bits per heavy atom. The van der Waals surface area contributed by atoms with Crippen molar-refractivity contribution in [1.29, 1.82) is 0 Å². The molecule has 2 aromatic carbocycles. The first kappa shape index (κ1) is 24.3. The fourth-order valence-electron chi connectivity index (χ4n) is 3.80. The van der Waals surface area contributed by atoms with E-state index in [1.54, 1.807) is 43.8 Å². The molecule has 0 spiro atoms. The number of H-pyrrole nitrogens is 1. The predicted molar refractivity (Wildman–Crippen MR) is 124 cm³/mol. The molecule has 11 heteroatoms. The van der Waals surface area contributed by atoms with Gasteiger partial charge in [0.25, 0.3) is 0 Å². The maximum atomic E-state index is 12.9. The molecule has 0 aliphatic heterocycles. The number of aromatic amines is 1. The lowest BCUT2D eigenvalue weighted by Gasteiger charge is -2.14. The van der Waals surface area contributed by atoms with Gasteiger partial charge in [-0.1, -0.05) is 12.1 Å². The monoisotopic (exact) mass is 487 g/mol. The largest absolute Gasteiger partial charge is 0.573 e. The second-order valence-electron chi connectivity index (χ2n) is 8.08. The number of aromatic nitrogens is 4. The second-order valence-corrected chi connectivity index (χ2v) is 8.08. The van der Waals surface area contributed by atoms with Crippen LogP contribution in [0, 0.1) is 13.8 Å². The lowest BCUT2D eigenvalue weighted by Crippen LogP contribution is -2.17. The first-order chi connectivity index (χ1) is 16.6.